The quantitative estimate of drug-likeness (QED) is 0.927. The lowest BCUT2D eigenvalue weighted by atomic mass is 9.98. The Morgan fingerprint density at radius 2 is 1.91 bits per heavy atom. The lowest BCUT2D eigenvalue weighted by Gasteiger charge is -2.35. The fourth-order valence-electron chi connectivity index (χ4n) is 4.20. The van der Waals surface area contributed by atoms with Gasteiger partial charge < -0.3 is 14.8 Å². The minimum Gasteiger partial charge on any atom is -0.349 e. The first kappa shape index (κ1) is 17.4. The van der Waals surface area contributed by atoms with Gasteiger partial charge in [-0.3, -0.25) is 4.79 Å². The van der Waals surface area contributed by atoms with Gasteiger partial charge in [0, 0.05) is 43.1 Å². The third kappa shape index (κ3) is 2.91. The summed E-state index contributed by atoms with van der Waals surface area (Å²) in [5.41, 5.74) is 3.16. The van der Waals surface area contributed by atoms with Gasteiger partial charge in [-0.1, -0.05) is 0 Å². The Balaban J connectivity index is 0.00000176. The maximum absolute atomic E-state index is 12.9. The summed E-state index contributed by atoms with van der Waals surface area (Å²) in [6, 6.07) is 3.67. The molecule has 2 saturated heterocycles. The molecule has 0 aliphatic carbocycles. The number of halogens is 1. The summed E-state index contributed by atoms with van der Waals surface area (Å²) in [7, 11) is 1.98. The van der Waals surface area contributed by atoms with Gasteiger partial charge in [-0.05, 0) is 52.5 Å². The predicted molar refractivity (Wildman–Crippen MR) is 91.9 cm³/mol. The van der Waals surface area contributed by atoms with Gasteiger partial charge >= 0.3 is 0 Å². The van der Waals surface area contributed by atoms with E-state index in [0.717, 1.165) is 30.6 Å². The molecule has 1 amide bonds. The molecule has 2 unspecified atom stereocenters. The van der Waals surface area contributed by atoms with Crippen molar-refractivity contribution in [3.8, 4) is 0 Å². The van der Waals surface area contributed by atoms with Crippen LogP contribution in [-0.2, 0) is 6.54 Å². The highest BCUT2D eigenvalue weighted by Crippen LogP contribution is 2.30. The lowest BCUT2D eigenvalue weighted by Crippen LogP contribution is -2.48. The zero-order chi connectivity index (χ0) is 15.1. The van der Waals surface area contributed by atoms with Crippen LogP contribution in [-0.4, -0.2) is 40.5 Å². The molecule has 3 rings (SSSR count). The maximum atomic E-state index is 12.9. The van der Waals surface area contributed by atoms with Gasteiger partial charge in [0.15, 0.2) is 0 Å². The van der Waals surface area contributed by atoms with Gasteiger partial charge in [0.05, 0.1) is 5.56 Å². The molecule has 22 heavy (non-hydrogen) atoms. The Kier molecular flexibility index (Phi) is 5.23. The molecule has 0 radical (unpaired) electrons. The molecule has 2 fully saturated rings. The smallest absolute Gasteiger partial charge is 0.255 e. The van der Waals surface area contributed by atoms with Crippen molar-refractivity contribution in [3.63, 3.8) is 0 Å². The first-order valence-corrected chi connectivity index (χ1v) is 8.21. The minimum absolute atomic E-state index is 0. The maximum Gasteiger partial charge on any atom is 0.255 e. The van der Waals surface area contributed by atoms with Crippen LogP contribution in [0.1, 0.15) is 54.4 Å². The van der Waals surface area contributed by atoms with E-state index >= 15 is 0 Å². The number of aromatic nitrogens is 1. The van der Waals surface area contributed by atoms with Crippen LogP contribution < -0.4 is 5.32 Å². The first-order valence-electron chi connectivity index (χ1n) is 8.21. The minimum atomic E-state index is 0. The molecule has 1 N–H and O–H groups in total. The second-order valence-electron chi connectivity index (χ2n) is 6.71. The second-order valence-corrected chi connectivity index (χ2v) is 6.71. The third-order valence-corrected chi connectivity index (χ3v) is 5.44. The van der Waals surface area contributed by atoms with Crippen molar-refractivity contribution in [2.24, 2.45) is 0 Å². The molecule has 0 saturated carbocycles. The average Bonchev–Trinajstić information content (AvgIpc) is 2.96. The van der Waals surface area contributed by atoms with Crippen LogP contribution in [0.15, 0.2) is 6.07 Å². The number of amides is 1. The van der Waals surface area contributed by atoms with E-state index in [9.17, 15) is 4.79 Å². The van der Waals surface area contributed by atoms with E-state index in [4.69, 9.17) is 0 Å². The van der Waals surface area contributed by atoms with Crippen LogP contribution in [0.2, 0.25) is 0 Å². The topological polar surface area (TPSA) is 37.3 Å². The number of fused-ring (bicyclic) bond motifs is 2. The second kappa shape index (κ2) is 6.63. The highest BCUT2D eigenvalue weighted by atomic mass is 35.5. The van der Waals surface area contributed by atoms with Crippen molar-refractivity contribution in [2.75, 3.05) is 7.05 Å². The zero-order valence-electron chi connectivity index (χ0n) is 14.1. The SMILES string of the molecule is CCn1c(C)cc(C(=O)N(C)C2CC3CCC(C2)N3)c1C.Cl. The molecule has 2 atom stereocenters. The standard InChI is InChI=1S/C17H27N3O.ClH/c1-5-20-11(2)8-16(12(20)3)17(21)19(4)15-9-13-6-7-14(10-15)18-13;/h8,13-15,18H,5-7,9-10H2,1-4H3;1H. The van der Waals surface area contributed by atoms with Gasteiger partial charge in [0.25, 0.3) is 5.91 Å². The van der Waals surface area contributed by atoms with Crippen LogP contribution in [0.5, 0.6) is 0 Å². The fourth-order valence-corrected chi connectivity index (χ4v) is 4.20. The van der Waals surface area contributed by atoms with Crippen molar-refractivity contribution in [3.05, 3.63) is 23.0 Å². The summed E-state index contributed by atoms with van der Waals surface area (Å²) >= 11 is 0. The summed E-state index contributed by atoms with van der Waals surface area (Å²) in [4.78, 5) is 14.9. The van der Waals surface area contributed by atoms with E-state index in [1.807, 2.05) is 18.0 Å². The molecule has 5 heteroatoms. The van der Waals surface area contributed by atoms with E-state index in [1.54, 1.807) is 0 Å². The number of piperidine rings is 1. The highest BCUT2D eigenvalue weighted by molar-refractivity contribution is 5.95. The molecular formula is C17H28ClN3O. The molecule has 4 nitrogen and oxygen atoms in total. The van der Waals surface area contributed by atoms with Crippen molar-refractivity contribution in [1.82, 2.24) is 14.8 Å². The van der Waals surface area contributed by atoms with Crippen LogP contribution >= 0.6 is 12.4 Å². The van der Waals surface area contributed by atoms with E-state index in [2.05, 4.69) is 30.7 Å². The number of hydrogen-bond acceptors (Lipinski definition) is 2. The van der Waals surface area contributed by atoms with Gasteiger partial charge in [0.2, 0.25) is 0 Å². The number of carbonyl (C=O) groups is 1. The largest absolute Gasteiger partial charge is 0.349 e. The zero-order valence-corrected chi connectivity index (χ0v) is 14.9. The molecule has 1 aromatic rings. The third-order valence-electron chi connectivity index (χ3n) is 5.44. The number of aryl methyl sites for hydroxylation is 1. The van der Waals surface area contributed by atoms with E-state index in [0.29, 0.717) is 18.1 Å². The summed E-state index contributed by atoms with van der Waals surface area (Å²) in [6.07, 6.45) is 4.75. The summed E-state index contributed by atoms with van der Waals surface area (Å²) < 4.78 is 2.22. The molecule has 2 bridgehead atoms. The molecule has 2 aliphatic rings. The van der Waals surface area contributed by atoms with Gasteiger partial charge in [-0.25, -0.2) is 0 Å². The van der Waals surface area contributed by atoms with Crippen LogP contribution in [0.25, 0.3) is 0 Å². The summed E-state index contributed by atoms with van der Waals surface area (Å²) in [5.74, 6) is 0.189. The Bertz CT molecular complexity index is 542. The molecule has 2 aliphatic heterocycles. The van der Waals surface area contributed by atoms with Crippen LogP contribution in [0.3, 0.4) is 0 Å². The Morgan fingerprint density at radius 1 is 1.32 bits per heavy atom. The van der Waals surface area contributed by atoms with E-state index in [-0.39, 0.29) is 18.3 Å². The molecule has 3 heterocycles. The predicted octanol–water partition coefficient (Wildman–Crippen LogP) is 2.90. The average molecular weight is 326 g/mol. The van der Waals surface area contributed by atoms with Crippen molar-refractivity contribution < 1.29 is 4.79 Å². The molecule has 0 spiro atoms. The first-order chi connectivity index (χ1) is 10.0. The Hall–Kier alpha value is -1.00. The van der Waals surface area contributed by atoms with Crippen molar-refractivity contribution >= 4 is 18.3 Å². The van der Waals surface area contributed by atoms with E-state index < -0.39 is 0 Å². The highest BCUT2D eigenvalue weighted by Gasteiger charge is 2.36. The molecule has 1 aromatic heterocycles. The Morgan fingerprint density at radius 3 is 2.41 bits per heavy atom. The lowest BCUT2D eigenvalue weighted by molar-refractivity contribution is 0.0681. The molecular weight excluding hydrogens is 298 g/mol. The number of nitrogens with zero attached hydrogens (tertiary/aromatic N) is 2. The van der Waals surface area contributed by atoms with Crippen LogP contribution in [0.4, 0.5) is 0 Å². The normalized spacial score (nSPS) is 26.6. The van der Waals surface area contributed by atoms with Gasteiger partial charge in [-0.15, -0.1) is 12.4 Å². The number of carbonyl (C=O) groups excluding carboxylic acids is 1. The van der Waals surface area contributed by atoms with Crippen molar-refractivity contribution in [1.29, 1.82) is 0 Å². The molecule has 124 valence electrons. The monoisotopic (exact) mass is 325 g/mol. The Labute approximate surface area is 139 Å². The van der Waals surface area contributed by atoms with Crippen LogP contribution in [0, 0.1) is 13.8 Å². The summed E-state index contributed by atoms with van der Waals surface area (Å²) in [6.45, 7) is 7.19. The summed E-state index contributed by atoms with van der Waals surface area (Å²) in [5, 5.41) is 3.65. The van der Waals surface area contributed by atoms with E-state index in [1.165, 1.54) is 18.5 Å². The number of rotatable bonds is 3. The van der Waals surface area contributed by atoms with Gasteiger partial charge in [0.1, 0.15) is 0 Å². The number of nitrogens with one attached hydrogen (secondary N) is 1. The fraction of sp³-hybridized carbons (Fsp3) is 0.706. The van der Waals surface area contributed by atoms with Gasteiger partial charge in [-0.2, -0.15) is 0 Å². The van der Waals surface area contributed by atoms with Crippen molar-refractivity contribution in [2.45, 2.75) is 71.1 Å². The number of hydrogen-bond donors (Lipinski definition) is 1. The molecule has 0 aromatic carbocycles.